The van der Waals surface area contributed by atoms with E-state index in [9.17, 15) is 18.0 Å². The van der Waals surface area contributed by atoms with Gasteiger partial charge in [0.25, 0.3) is 0 Å². The van der Waals surface area contributed by atoms with Crippen LogP contribution in [0.15, 0.2) is 42.5 Å². The number of ether oxygens (including phenoxy) is 1. The van der Waals surface area contributed by atoms with Gasteiger partial charge in [-0.2, -0.15) is 0 Å². The molecule has 1 N–H and O–H groups in total. The van der Waals surface area contributed by atoms with E-state index in [0.717, 1.165) is 10.6 Å². The van der Waals surface area contributed by atoms with E-state index in [2.05, 4.69) is 5.32 Å². The standard InChI is InChI=1S/C20H23ClN2O5S/c1-5-28-20(25)15-6-11-18(13(2)12-15)22-19(24)14(3)23(29(4,26)27)17-9-7-16(21)8-10-17/h6-12,14H,5H2,1-4H3,(H,22,24). The minimum absolute atomic E-state index is 0.264. The van der Waals surface area contributed by atoms with E-state index in [4.69, 9.17) is 16.3 Å². The molecule has 0 aliphatic carbocycles. The third-order valence-corrected chi connectivity index (χ3v) is 5.66. The molecule has 0 aliphatic rings. The molecule has 0 fully saturated rings. The second-order valence-corrected chi connectivity index (χ2v) is 8.75. The lowest BCUT2D eigenvalue weighted by Gasteiger charge is -2.28. The molecule has 9 heteroatoms. The fourth-order valence-corrected chi connectivity index (χ4v) is 4.08. The van der Waals surface area contributed by atoms with Gasteiger partial charge in [-0.1, -0.05) is 11.6 Å². The number of amides is 1. The van der Waals surface area contributed by atoms with Crippen LogP contribution in [0.3, 0.4) is 0 Å². The van der Waals surface area contributed by atoms with E-state index in [-0.39, 0.29) is 6.61 Å². The number of hydrogen-bond acceptors (Lipinski definition) is 5. The van der Waals surface area contributed by atoms with Crippen molar-refractivity contribution in [3.8, 4) is 0 Å². The third-order valence-electron chi connectivity index (χ3n) is 4.17. The van der Waals surface area contributed by atoms with Crippen LogP contribution in [0.4, 0.5) is 11.4 Å². The van der Waals surface area contributed by atoms with Gasteiger partial charge in [-0.25, -0.2) is 13.2 Å². The van der Waals surface area contributed by atoms with Crippen molar-refractivity contribution in [3.05, 3.63) is 58.6 Å². The van der Waals surface area contributed by atoms with Gasteiger partial charge in [-0.15, -0.1) is 0 Å². The van der Waals surface area contributed by atoms with Crippen LogP contribution in [-0.4, -0.2) is 39.2 Å². The molecule has 2 aromatic carbocycles. The van der Waals surface area contributed by atoms with Crippen molar-refractivity contribution in [2.24, 2.45) is 0 Å². The number of nitrogens with zero attached hydrogens (tertiary/aromatic N) is 1. The molecule has 1 atom stereocenters. The Morgan fingerprint density at radius 1 is 1.17 bits per heavy atom. The first-order chi connectivity index (χ1) is 13.5. The van der Waals surface area contributed by atoms with Gasteiger partial charge in [0.15, 0.2) is 0 Å². The lowest BCUT2D eigenvalue weighted by Crippen LogP contribution is -2.45. The van der Waals surface area contributed by atoms with Crippen molar-refractivity contribution >= 4 is 44.9 Å². The van der Waals surface area contributed by atoms with E-state index in [1.54, 1.807) is 44.2 Å². The van der Waals surface area contributed by atoms with Crippen LogP contribution >= 0.6 is 11.6 Å². The molecule has 2 aromatic rings. The number of carbonyl (C=O) groups is 2. The van der Waals surface area contributed by atoms with Crippen LogP contribution in [0.5, 0.6) is 0 Å². The maximum absolute atomic E-state index is 12.8. The number of hydrogen-bond donors (Lipinski definition) is 1. The minimum atomic E-state index is -3.73. The number of nitrogens with one attached hydrogen (secondary N) is 1. The van der Waals surface area contributed by atoms with Crippen LogP contribution in [0.1, 0.15) is 29.8 Å². The van der Waals surface area contributed by atoms with Crippen molar-refractivity contribution in [1.29, 1.82) is 0 Å². The Labute approximate surface area is 175 Å². The fourth-order valence-electron chi connectivity index (χ4n) is 2.78. The Morgan fingerprint density at radius 2 is 1.79 bits per heavy atom. The normalized spacial score (nSPS) is 12.2. The van der Waals surface area contributed by atoms with Crippen LogP contribution in [-0.2, 0) is 19.6 Å². The fraction of sp³-hybridized carbons (Fsp3) is 0.300. The molecule has 0 heterocycles. The highest BCUT2D eigenvalue weighted by Gasteiger charge is 2.29. The Morgan fingerprint density at radius 3 is 2.31 bits per heavy atom. The van der Waals surface area contributed by atoms with Gasteiger partial charge in [0.1, 0.15) is 6.04 Å². The first-order valence-electron chi connectivity index (χ1n) is 8.88. The number of anilines is 2. The number of benzene rings is 2. The summed E-state index contributed by atoms with van der Waals surface area (Å²) in [5, 5.41) is 3.17. The maximum atomic E-state index is 12.8. The van der Waals surface area contributed by atoms with Crippen LogP contribution in [0.2, 0.25) is 5.02 Å². The average molecular weight is 439 g/mol. The Hall–Kier alpha value is -2.58. The molecule has 1 amide bonds. The molecular weight excluding hydrogens is 416 g/mol. The molecule has 1 unspecified atom stereocenters. The molecule has 29 heavy (non-hydrogen) atoms. The molecule has 7 nitrogen and oxygen atoms in total. The molecule has 0 bridgehead atoms. The van der Waals surface area contributed by atoms with Crippen LogP contribution in [0, 0.1) is 6.92 Å². The van der Waals surface area contributed by atoms with Crippen molar-refractivity contribution in [2.75, 3.05) is 22.5 Å². The highest BCUT2D eigenvalue weighted by atomic mass is 35.5. The smallest absolute Gasteiger partial charge is 0.338 e. The summed E-state index contributed by atoms with van der Waals surface area (Å²) in [6, 6.07) is 9.88. The average Bonchev–Trinajstić information content (AvgIpc) is 2.64. The van der Waals surface area contributed by atoms with Gasteiger partial charge in [-0.3, -0.25) is 9.10 Å². The van der Waals surface area contributed by atoms with Crippen LogP contribution < -0.4 is 9.62 Å². The highest BCUT2D eigenvalue weighted by molar-refractivity contribution is 7.92. The Bertz CT molecular complexity index is 1010. The number of aryl methyl sites for hydroxylation is 1. The highest BCUT2D eigenvalue weighted by Crippen LogP contribution is 2.24. The summed E-state index contributed by atoms with van der Waals surface area (Å²) in [5.41, 5.74) is 1.82. The van der Waals surface area contributed by atoms with E-state index in [0.29, 0.717) is 27.5 Å². The monoisotopic (exact) mass is 438 g/mol. The molecule has 0 radical (unpaired) electrons. The topological polar surface area (TPSA) is 92.8 Å². The predicted molar refractivity (Wildman–Crippen MR) is 114 cm³/mol. The lowest BCUT2D eigenvalue weighted by molar-refractivity contribution is -0.116. The Balaban J connectivity index is 2.26. The summed E-state index contributed by atoms with van der Waals surface area (Å²) in [5.74, 6) is -0.967. The number of rotatable bonds is 7. The van der Waals surface area contributed by atoms with E-state index in [1.807, 2.05) is 0 Å². The quantitative estimate of drug-likeness (QED) is 0.666. The van der Waals surface area contributed by atoms with Gasteiger partial charge in [0.05, 0.1) is 24.1 Å². The van der Waals surface area contributed by atoms with Crippen molar-refractivity contribution in [3.63, 3.8) is 0 Å². The summed E-state index contributed by atoms with van der Waals surface area (Å²) >= 11 is 5.87. The minimum Gasteiger partial charge on any atom is -0.462 e. The predicted octanol–water partition coefficient (Wildman–Crippen LogP) is 3.62. The molecule has 0 aromatic heterocycles. The summed E-state index contributed by atoms with van der Waals surface area (Å²) in [7, 11) is -3.73. The number of esters is 1. The summed E-state index contributed by atoms with van der Waals surface area (Å²) in [4.78, 5) is 24.6. The third kappa shape index (κ3) is 5.71. The molecule has 0 spiro atoms. The second kappa shape index (κ2) is 9.28. The molecular formula is C20H23ClN2O5S. The second-order valence-electron chi connectivity index (χ2n) is 6.45. The largest absolute Gasteiger partial charge is 0.462 e. The summed E-state index contributed by atoms with van der Waals surface area (Å²) in [6.45, 7) is 5.21. The zero-order valence-electron chi connectivity index (χ0n) is 16.6. The molecule has 156 valence electrons. The maximum Gasteiger partial charge on any atom is 0.338 e. The van der Waals surface area contributed by atoms with Crippen molar-refractivity contribution < 1.29 is 22.7 Å². The summed E-state index contributed by atoms with van der Waals surface area (Å²) < 4.78 is 30.6. The van der Waals surface area contributed by atoms with Gasteiger partial charge >= 0.3 is 5.97 Å². The van der Waals surface area contributed by atoms with Gasteiger partial charge in [0.2, 0.25) is 15.9 Å². The summed E-state index contributed by atoms with van der Waals surface area (Å²) in [6.07, 6.45) is 1.03. The van der Waals surface area contributed by atoms with Crippen molar-refractivity contribution in [2.45, 2.75) is 26.8 Å². The van der Waals surface area contributed by atoms with E-state index < -0.39 is 27.9 Å². The zero-order valence-corrected chi connectivity index (χ0v) is 18.2. The number of carbonyl (C=O) groups excluding carboxylic acids is 2. The van der Waals surface area contributed by atoms with E-state index >= 15 is 0 Å². The number of halogens is 1. The molecule has 2 rings (SSSR count). The number of sulfonamides is 1. The first-order valence-corrected chi connectivity index (χ1v) is 11.1. The Kier molecular flexibility index (Phi) is 7.26. The lowest BCUT2D eigenvalue weighted by atomic mass is 10.1. The van der Waals surface area contributed by atoms with Gasteiger partial charge < -0.3 is 10.1 Å². The van der Waals surface area contributed by atoms with Crippen molar-refractivity contribution in [1.82, 2.24) is 0 Å². The molecule has 0 saturated carbocycles. The van der Waals surface area contributed by atoms with Gasteiger partial charge in [0, 0.05) is 10.7 Å². The zero-order chi connectivity index (χ0) is 21.8. The molecule has 0 saturated heterocycles. The van der Waals surface area contributed by atoms with Crippen LogP contribution in [0.25, 0.3) is 0 Å². The first kappa shape index (κ1) is 22.7. The molecule has 0 aliphatic heterocycles. The van der Waals surface area contributed by atoms with Gasteiger partial charge in [-0.05, 0) is 68.8 Å². The SMILES string of the molecule is CCOC(=O)c1ccc(NC(=O)C(C)N(c2ccc(Cl)cc2)S(C)(=O)=O)c(C)c1. The van der Waals surface area contributed by atoms with E-state index in [1.165, 1.54) is 19.1 Å².